The van der Waals surface area contributed by atoms with Gasteiger partial charge in [-0.1, -0.05) is 0 Å². The molecule has 0 bridgehead atoms. The second-order valence-electron chi connectivity index (χ2n) is 3.44. The van der Waals surface area contributed by atoms with Gasteiger partial charge in [0.25, 0.3) is 0 Å². The van der Waals surface area contributed by atoms with E-state index in [-0.39, 0.29) is 6.10 Å². The van der Waals surface area contributed by atoms with Crippen molar-refractivity contribution in [3.8, 4) is 10.6 Å². The molecule has 2 rings (SSSR count). The highest BCUT2D eigenvalue weighted by atomic mass is 32.1. The largest absolute Gasteiger partial charge is 0.393 e. The first-order chi connectivity index (χ1) is 7.25. The van der Waals surface area contributed by atoms with Gasteiger partial charge < -0.3 is 5.11 Å². The normalized spacial score (nSPS) is 12.7. The highest BCUT2D eigenvalue weighted by molar-refractivity contribution is 7.13. The average Bonchev–Trinajstić information content (AvgIpc) is 2.67. The van der Waals surface area contributed by atoms with Crippen molar-refractivity contribution in [3.05, 3.63) is 35.6 Å². The summed E-state index contributed by atoms with van der Waals surface area (Å²) in [6.45, 7) is 1.77. The van der Waals surface area contributed by atoms with Crippen molar-refractivity contribution in [1.82, 2.24) is 9.97 Å². The van der Waals surface area contributed by atoms with Crippen LogP contribution in [0.2, 0.25) is 0 Å². The fraction of sp³-hybridized carbons (Fsp3) is 0.273. The van der Waals surface area contributed by atoms with Crippen molar-refractivity contribution >= 4 is 11.3 Å². The molecule has 0 spiro atoms. The summed E-state index contributed by atoms with van der Waals surface area (Å²) in [4.78, 5) is 8.49. The summed E-state index contributed by atoms with van der Waals surface area (Å²) in [5.74, 6) is 0. The molecule has 2 aromatic rings. The topological polar surface area (TPSA) is 46.0 Å². The summed E-state index contributed by atoms with van der Waals surface area (Å²) in [7, 11) is 0. The van der Waals surface area contributed by atoms with Crippen LogP contribution in [0.5, 0.6) is 0 Å². The van der Waals surface area contributed by atoms with Gasteiger partial charge in [-0.2, -0.15) is 0 Å². The van der Waals surface area contributed by atoms with Crippen molar-refractivity contribution < 1.29 is 5.11 Å². The molecule has 0 saturated carbocycles. The Morgan fingerprint density at radius 2 is 2.40 bits per heavy atom. The quantitative estimate of drug-likeness (QED) is 0.862. The third-order valence-electron chi connectivity index (χ3n) is 1.96. The Hall–Kier alpha value is -1.26. The highest BCUT2D eigenvalue weighted by Gasteiger charge is 2.06. The summed E-state index contributed by atoms with van der Waals surface area (Å²) in [5.41, 5.74) is 1.97. The average molecular weight is 220 g/mol. The van der Waals surface area contributed by atoms with E-state index in [0.29, 0.717) is 6.42 Å². The van der Waals surface area contributed by atoms with E-state index in [1.807, 2.05) is 17.5 Å². The van der Waals surface area contributed by atoms with Crippen molar-refractivity contribution in [2.75, 3.05) is 0 Å². The predicted molar refractivity (Wildman–Crippen MR) is 60.7 cm³/mol. The van der Waals surface area contributed by atoms with Crippen LogP contribution in [0.25, 0.3) is 10.6 Å². The van der Waals surface area contributed by atoms with E-state index in [2.05, 4.69) is 9.97 Å². The summed E-state index contributed by atoms with van der Waals surface area (Å²) in [6.07, 6.45) is 3.81. The maximum Gasteiger partial charge on any atom is 0.125 e. The summed E-state index contributed by atoms with van der Waals surface area (Å²) < 4.78 is 0. The monoisotopic (exact) mass is 220 g/mol. The lowest BCUT2D eigenvalue weighted by molar-refractivity contribution is 0.194. The molecule has 0 aromatic carbocycles. The maximum atomic E-state index is 9.24. The number of aliphatic hydroxyl groups is 1. The molecule has 0 fully saturated rings. The molecule has 78 valence electrons. The van der Waals surface area contributed by atoms with Crippen LogP contribution in [0, 0.1) is 0 Å². The van der Waals surface area contributed by atoms with Gasteiger partial charge in [-0.15, -0.1) is 11.3 Å². The van der Waals surface area contributed by atoms with Gasteiger partial charge in [-0.3, -0.25) is 4.98 Å². The molecule has 1 atom stereocenters. The standard InChI is InChI=1S/C11H12N2OS/c1-8(14)5-10-7-15-11(13-10)9-3-2-4-12-6-9/h2-4,6-8,14H,5H2,1H3. The maximum absolute atomic E-state index is 9.24. The third kappa shape index (κ3) is 2.61. The van der Waals surface area contributed by atoms with E-state index >= 15 is 0 Å². The van der Waals surface area contributed by atoms with E-state index in [1.54, 1.807) is 30.7 Å². The molecule has 4 heteroatoms. The van der Waals surface area contributed by atoms with E-state index in [0.717, 1.165) is 16.3 Å². The first-order valence-corrected chi connectivity index (χ1v) is 5.66. The molecule has 0 aliphatic carbocycles. The second-order valence-corrected chi connectivity index (χ2v) is 4.30. The third-order valence-corrected chi connectivity index (χ3v) is 2.90. The lowest BCUT2D eigenvalue weighted by Crippen LogP contribution is -2.04. The number of thiazole rings is 1. The molecule has 3 nitrogen and oxygen atoms in total. The number of aromatic nitrogens is 2. The Kier molecular flexibility index (Phi) is 3.08. The first kappa shape index (κ1) is 10.3. The van der Waals surface area contributed by atoms with Gasteiger partial charge in [0, 0.05) is 29.8 Å². The molecule has 0 radical (unpaired) electrons. The highest BCUT2D eigenvalue weighted by Crippen LogP contribution is 2.22. The fourth-order valence-electron chi connectivity index (χ4n) is 1.33. The fourth-order valence-corrected chi connectivity index (χ4v) is 2.15. The number of rotatable bonds is 3. The predicted octanol–water partition coefficient (Wildman–Crippen LogP) is 2.13. The summed E-state index contributed by atoms with van der Waals surface area (Å²) >= 11 is 1.58. The van der Waals surface area contributed by atoms with Crippen molar-refractivity contribution in [3.63, 3.8) is 0 Å². The van der Waals surface area contributed by atoms with E-state index < -0.39 is 0 Å². The van der Waals surface area contributed by atoms with Gasteiger partial charge in [0.05, 0.1) is 11.8 Å². The number of pyridine rings is 1. The molecule has 2 aromatic heterocycles. The van der Waals surface area contributed by atoms with Crippen molar-refractivity contribution in [2.24, 2.45) is 0 Å². The molecule has 0 aliphatic rings. The number of nitrogens with zero attached hydrogens (tertiary/aromatic N) is 2. The number of hydrogen-bond acceptors (Lipinski definition) is 4. The zero-order valence-electron chi connectivity index (χ0n) is 8.42. The van der Waals surface area contributed by atoms with Gasteiger partial charge in [0.2, 0.25) is 0 Å². The van der Waals surface area contributed by atoms with Gasteiger partial charge in [0.1, 0.15) is 5.01 Å². The molecule has 15 heavy (non-hydrogen) atoms. The Morgan fingerprint density at radius 1 is 1.53 bits per heavy atom. The van der Waals surface area contributed by atoms with E-state index in [9.17, 15) is 5.11 Å². The van der Waals surface area contributed by atoms with Gasteiger partial charge in [0.15, 0.2) is 0 Å². The molecule has 0 saturated heterocycles. The van der Waals surface area contributed by atoms with Crippen LogP contribution in [0.4, 0.5) is 0 Å². The zero-order chi connectivity index (χ0) is 10.7. The lowest BCUT2D eigenvalue weighted by atomic mass is 10.2. The minimum atomic E-state index is -0.339. The van der Waals surface area contributed by atoms with Gasteiger partial charge in [-0.05, 0) is 19.1 Å². The van der Waals surface area contributed by atoms with Gasteiger partial charge in [-0.25, -0.2) is 4.98 Å². The van der Waals surface area contributed by atoms with Crippen molar-refractivity contribution in [2.45, 2.75) is 19.4 Å². The Labute approximate surface area is 92.5 Å². The minimum Gasteiger partial charge on any atom is -0.393 e. The van der Waals surface area contributed by atoms with Crippen LogP contribution in [0.15, 0.2) is 29.9 Å². The molecule has 2 heterocycles. The van der Waals surface area contributed by atoms with Crippen LogP contribution in [0.1, 0.15) is 12.6 Å². The van der Waals surface area contributed by atoms with Crippen LogP contribution in [-0.4, -0.2) is 21.2 Å². The molecule has 1 N–H and O–H groups in total. The number of hydrogen-bond donors (Lipinski definition) is 1. The smallest absolute Gasteiger partial charge is 0.125 e. The van der Waals surface area contributed by atoms with Crippen LogP contribution >= 0.6 is 11.3 Å². The Bertz CT molecular complexity index is 425. The number of aliphatic hydroxyl groups excluding tert-OH is 1. The summed E-state index contributed by atoms with van der Waals surface area (Å²) in [5, 5.41) is 12.2. The summed E-state index contributed by atoms with van der Waals surface area (Å²) in [6, 6.07) is 3.88. The molecular formula is C11H12N2OS. The zero-order valence-corrected chi connectivity index (χ0v) is 9.24. The minimum absolute atomic E-state index is 0.339. The van der Waals surface area contributed by atoms with Crippen LogP contribution in [0.3, 0.4) is 0 Å². The van der Waals surface area contributed by atoms with E-state index in [4.69, 9.17) is 0 Å². The molecule has 0 amide bonds. The van der Waals surface area contributed by atoms with Crippen LogP contribution in [-0.2, 0) is 6.42 Å². The Balaban J connectivity index is 2.21. The van der Waals surface area contributed by atoms with Gasteiger partial charge >= 0.3 is 0 Å². The molecule has 1 unspecified atom stereocenters. The Morgan fingerprint density at radius 3 is 3.07 bits per heavy atom. The first-order valence-electron chi connectivity index (χ1n) is 4.78. The molecule has 0 aliphatic heterocycles. The second kappa shape index (κ2) is 4.51. The lowest BCUT2D eigenvalue weighted by Gasteiger charge is -1.98. The van der Waals surface area contributed by atoms with Crippen molar-refractivity contribution in [1.29, 1.82) is 0 Å². The SMILES string of the molecule is CC(O)Cc1csc(-c2cccnc2)n1. The van der Waals surface area contributed by atoms with Crippen LogP contribution < -0.4 is 0 Å². The van der Waals surface area contributed by atoms with E-state index in [1.165, 1.54) is 0 Å². The molecular weight excluding hydrogens is 208 g/mol.